The van der Waals surface area contributed by atoms with Gasteiger partial charge in [-0.05, 0) is 81.5 Å². The van der Waals surface area contributed by atoms with Crippen molar-refractivity contribution in [3.05, 3.63) is 84.1 Å². The summed E-state index contributed by atoms with van der Waals surface area (Å²) in [6.45, 7) is 18.7. The molecule has 0 radical (unpaired) electrons. The average Bonchev–Trinajstić information content (AvgIpc) is 3.73. The third-order valence-electron chi connectivity index (χ3n) is 8.00. The zero-order valence-corrected chi connectivity index (χ0v) is 27.8. The van der Waals surface area contributed by atoms with Gasteiger partial charge >= 0.3 is 12.2 Å². The van der Waals surface area contributed by atoms with Crippen LogP contribution >= 0.6 is 11.6 Å². The molecule has 0 bridgehead atoms. The van der Waals surface area contributed by atoms with E-state index in [1.165, 1.54) is 0 Å². The molecule has 10 nitrogen and oxygen atoms in total. The second-order valence-electron chi connectivity index (χ2n) is 12.7. The SMILES string of the molecule is C=CNC(/C=C\C)C(c1ccc(Cl)cc1C(=C)C(NC(=O)OCC1CC1)c1cncn1C)N1CCN(C(=O)OC(C)(C)C)CC1. The fourth-order valence-electron chi connectivity index (χ4n) is 5.56. The predicted molar refractivity (Wildman–Crippen MR) is 178 cm³/mol. The van der Waals surface area contributed by atoms with E-state index in [1.807, 2.05) is 63.6 Å². The molecule has 1 aromatic heterocycles. The van der Waals surface area contributed by atoms with Crippen LogP contribution < -0.4 is 10.6 Å². The van der Waals surface area contributed by atoms with Gasteiger partial charge in [0.15, 0.2) is 0 Å². The zero-order chi connectivity index (χ0) is 32.7. The van der Waals surface area contributed by atoms with Gasteiger partial charge in [-0.25, -0.2) is 14.6 Å². The van der Waals surface area contributed by atoms with Crippen LogP contribution in [0.25, 0.3) is 5.57 Å². The van der Waals surface area contributed by atoms with E-state index in [2.05, 4.69) is 39.8 Å². The van der Waals surface area contributed by atoms with Crippen LogP contribution in [-0.4, -0.2) is 76.0 Å². The van der Waals surface area contributed by atoms with Crippen LogP contribution in [0.15, 0.2) is 62.2 Å². The van der Waals surface area contributed by atoms with E-state index in [9.17, 15) is 9.59 Å². The molecule has 4 rings (SSSR count). The van der Waals surface area contributed by atoms with Gasteiger partial charge in [-0.1, -0.05) is 43.0 Å². The van der Waals surface area contributed by atoms with Crippen molar-refractivity contribution in [3.63, 3.8) is 0 Å². The number of ether oxygens (including phenoxy) is 2. The number of hydrogen-bond donors (Lipinski definition) is 2. The first-order valence-corrected chi connectivity index (χ1v) is 15.9. The fourth-order valence-corrected chi connectivity index (χ4v) is 5.74. The van der Waals surface area contributed by atoms with Crippen LogP contribution in [0, 0.1) is 5.92 Å². The summed E-state index contributed by atoms with van der Waals surface area (Å²) in [6.07, 6.45) is 10.5. The minimum atomic E-state index is -0.626. The highest BCUT2D eigenvalue weighted by atomic mass is 35.5. The monoisotopic (exact) mass is 638 g/mol. The minimum Gasteiger partial charge on any atom is -0.449 e. The second-order valence-corrected chi connectivity index (χ2v) is 13.1. The molecule has 1 saturated carbocycles. The first kappa shape index (κ1) is 34.1. The number of carbonyl (C=O) groups excluding carboxylic acids is 2. The maximum absolute atomic E-state index is 13.0. The van der Waals surface area contributed by atoms with Gasteiger partial charge in [-0.2, -0.15) is 0 Å². The lowest BCUT2D eigenvalue weighted by atomic mass is 9.86. The van der Waals surface area contributed by atoms with Gasteiger partial charge in [-0.3, -0.25) is 4.90 Å². The maximum atomic E-state index is 13.0. The second kappa shape index (κ2) is 15.0. The number of aryl methyl sites for hydroxylation is 1. The number of halogens is 1. The Hall–Kier alpha value is -3.76. The summed E-state index contributed by atoms with van der Waals surface area (Å²) >= 11 is 6.63. The van der Waals surface area contributed by atoms with Crippen LogP contribution in [-0.2, 0) is 16.5 Å². The standard InChI is InChI=1S/C34H47ClN6O4/c1-8-10-28(37-9-2)31(40-15-17-41(18-16-40)33(43)45-34(4,5)6)26-14-13-25(35)19-27(26)23(3)30(29-20-36-22-39(29)7)38-32(42)44-21-24-11-12-24/h8-10,13-14,19-20,22,24,28,30-31,37H,2-3,11-12,15-18,21H2,1,4-7H3,(H,38,42)/b10-8-. The molecule has 2 N–H and O–H groups in total. The van der Waals surface area contributed by atoms with Crippen LogP contribution in [0.2, 0.25) is 5.02 Å². The number of carbonyl (C=O) groups is 2. The summed E-state index contributed by atoms with van der Waals surface area (Å²) in [5.41, 5.74) is 2.60. The van der Waals surface area contributed by atoms with Crippen molar-refractivity contribution < 1.29 is 19.1 Å². The Balaban J connectivity index is 1.70. The lowest BCUT2D eigenvalue weighted by Gasteiger charge is -2.43. The van der Waals surface area contributed by atoms with Crippen LogP contribution in [0.3, 0.4) is 0 Å². The molecule has 1 aromatic carbocycles. The van der Waals surface area contributed by atoms with Gasteiger partial charge in [0.2, 0.25) is 0 Å². The van der Waals surface area contributed by atoms with Crippen molar-refractivity contribution in [2.75, 3.05) is 32.8 Å². The van der Waals surface area contributed by atoms with E-state index in [0.29, 0.717) is 49.3 Å². The Bertz CT molecular complexity index is 1390. The van der Waals surface area contributed by atoms with E-state index >= 15 is 0 Å². The normalized spacial score (nSPS) is 17.8. The molecule has 2 aromatic rings. The van der Waals surface area contributed by atoms with Gasteiger partial charge in [0, 0.05) is 38.2 Å². The number of nitrogens with zero attached hydrogens (tertiary/aromatic N) is 4. The number of nitrogens with one attached hydrogen (secondary N) is 2. The molecule has 244 valence electrons. The first-order chi connectivity index (χ1) is 21.4. The number of aromatic nitrogens is 2. The van der Waals surface area contributed by atoms with Crippen molar-refractivity contribution >= 4 is 29.4 Å². The van der Waals surface area contributed by atoms with Gasteiger partial charge < -0.3 is 29.6 Å². The van der Waals surface area contributed by atoms with Crippen molar-refractivity contribution in [3.8, 4) is 0 Å². The van der Waals surface area contributed by atoms with Crippen LogP contribution in [0.5, 0.6) is 0 Å². The Labute approximate surface area is 272 Å². The fraction of sp³-hybridized carbons (Fsp3) is 0.500. The van der Waals surface area contributed by atoms with E-state index in [1.54, 1.807) is 23.6 Å². The smallest absolute Gasteiger partial charge is 0.410 e. The lowest BCUT2D eigenvalue weighted by molar-refractivity contribution is 0.00913. The van der Waals surface area contributed by atoms with Gasteiger partial charge in [0.1, 0.15) is 5.60 Å². The minimum absolute atomic E-state index is 0.167. The molecule has 2 aliphatic rings. The Kier molecular flexibility index (Phi) is 11.4. The largest absolute Gasteiger partial charge is 0.449 e. The molecular formula is C34H47ClN6O4. The zero-order valence-electron chi connectivity index (χ0n) is 27.1. The van der Waals surface area contributed by atoms with Crippen molar-refractivity contribution in [2.24, 2.45) is 13.0 Å². The van der Waals surface area contributed by atoms with E-state index in [4.69, 9.17) is 21.1 Å². The number of rotatable bonds is 12. The third-order valence-corrected chi connectivity index (χ3v) is 8.23. The molecule has 1 aliphatic heterocycles. The molecule has 3 atom stereocenters. The van der Waals surface area contributed by atoms with Crippen molar-refractivity contribution in [2.45, 2.75) is 64.3 Å². The first-order valence-electron chi connectivity index (χ1n) is 15.5. The number of amides is 2. The highest BCUT2D eigenvalue weighted by Crippen LogP contribution is 2.38. The number of imidazole rings is 1. The number of alkyl carbamates (subject to hydrolysis) is 1. The van der Waals surface area contributed by atoms with E-state index in [-0.39, 0.29) is 18.2 Å². The lowest BCUT2D eigenvalue weighted by Crippen LogP contribution is -2.53. The van der Waals surface area contributed by atoms with Crippen LogP contribution in [0.4, 0.5) is 9.59 Å². The summed E-state index contributed by atoms with van der Waals surface area (Å²) in [4.78, 5) is 34.2. The third kappa shape index (κ3) is 9.14. The molecule has 11 heteroatoms. The molecule has 0 spiro atoms. The maximum Gasteiger partial charge on any atom is 0.410 e. The summed E-state index contributed by atoms with van der Waals surface area (Å²) in [5, 5.41) is 7.01. The molecule has 2 amide bonds. The average molecular weight is 639 g/mol. The number of benzene rings is 1. The van der Waals surface area contributed by atoms with Gasteiger partial charge in [-0.15, -0.1) is 0 Å². The highest BCUT2D eigenvalue weighted by Gasteiger charge is 2.35. The van der Waals surface area contributed by atoms with E-state index in [0.717, 1.165) is 29.7 Å². The molecule has 1 aliphatic carbocycles. The molecular weight excluding hydrogens is 592 g/mol. The number of hydrogen-bond acceptors (Lipinski definition) is 7. The summed E-state index contributed by atoms with van der Waals surface area (Å²) in [6, 6.07) is 4.79. The van der Waals surface area contributed by atoms with Gasteiger partial charge in [0.05, 0.1) is 43.0 Å². The molecule has 1 saturated heterocycles. The Morgan fingerprint density at radius 1 is 1.20 bits per heavy atom. The van der Waals surface area contributed by atoms with E-state index < -0.39 is 17.7 Å². The molecule has 2 fully saturated rings. The Morgan fingerprint density at radius 3 is 2.49 bits per heavy atom. The molecule has 45 heavy (non-hydrogen) atoms. The quantitative estimate of drug-likeness (QED) is 0.266. The number of allylic oxidation sites excluding steroid dienone is 1. The number of piperazine rings is 1. The van der Waals surface area contributed by atoms with Gasteiger partial charge in [0.25, 0.3) is 0 Å². The predicted octanol–water partition coefficient (Wildman–Crippen LogP) is 6.24. The summed E-state index contributed by atoms with van der Waals surface area (Å²) in [5.74, 6) is 0.436. The van der Waals surface area contributed by atoms with Crippen molar-refractivity contribution in [1.29, 1.82) is 0 Å². The van der Waals surface area contributed by atoms with Crippen molar-refractivity contribution in [1.82, 2.24) is 30.0 Å². The summed E-state index contributed by atoms with van der Waals surface area (Å²) in [7, 11) is 1.88. The topological polar surface area (TPSA) is 101 Å². The molecule has 3 unspecified atom stereocenters. The molecule has 2 heterocycles. The van der Waals surface area contributed by atoms with Crippen LogP contribution in [0.1, 0.15) is 69.4 Å². The Morgan fingerprint density at radius 2 is 1.91 bits per heavy atom. The highest BCUT2D eigenvalue weighted by molar-refractivity contribution is 6.30. The summed E-state index contributed by atoms with van der Waals surface area (Å²) < 4.78 is 13.0.